The highest BCUT2D eigenvalue weighted by atomic mass is 15.2. The van der Waals surface area contributed by atoms with Crippen molar-refractivity contribution in [3.05, 3.63) is 34.9 Å². The van der Waals surface area contributed by atoms with E-state index in [1.165, 1.54) is 55.5 Å². The minimum atomic E-state index is 0.442. The first-order chi connectivity index (χ1) is 9.17. The Hall–Kier alpha value is -0.860. The number of nitrogens with zero attached hydrogens (tertiary/aromatic N) is 1. The molecule has 2 heteroatoms. The summed E-state index contributed by atoms with van der Waals surface area (Å²) < 4.78 is 0. The second kappa shape index (κ2) is 5.26. The maximum absolute atomic E-state index is 3.79. The standard InChI is InChI=1S/C17H26N2/c1-14-5-6-16(11-15(14)2)12-19-10-9-18-17(13-19)7-3-4-8-17/h5-6,11,18H,3-4,7-10,12-13H2,1-2H3. The van der Waals surface area contributed by atoms with E-state index in [4.69, 9.17) is 0 Å². The molecule has 19 heavy (non-hydrogen) atoms. The van der Waals surface area contributed by atoms with Gasteiger partial charge in [0.2, 0.25) is 0 Å². The van der Waals surface area contributed by atoms with Gasteiger partial charge < -0.3 is 5.32 Å². The molecule has 1 aliphatic heterocycles. The lowest BCUT2D eigenvalue weighted by Crippen LogP contribution is -2.58. The van der Waals surface area contributed by atoms with Gasteiger partial charge in [0, 0.05) is 31.7 Å². The molecule has 0 amide bonds. The molecule has 0 atom stereocenters. The van der Waals surface area contributed by atoms with Gasteiger partial charge in [-0.1, -0.05) is 31.0 Å². The Kier molecular flexibility index (Phi) is 3.64. The van der Waals surface area contributed by atoms with Crippen molar-refractivity contribution < 1.29 is 0 Å². The summed E-state index contributed by atoms with van der Waals surface area (Å²) >= 11 is 0. The molecule has 0 aromatic heterocycles. The molecule has 0 radical (unpaired) electrons. The van der Waals surface area contributed by atoms with Crippen molar-refractivity contribution in [2.45, 2.75) is 51.6 Å². The zero-order valence-corrected chi connectivity index (χ0v) is 12.3. The minimum absolute atomic E-state index is 0.442. The van der Waals surface area contributed by atoms with Crippen molar-refractivity contribution in [1.29, 1.82) is 0 Å². The van der Waals surface area contributed by atoms with Gasteiger partial charge >= 0.3 is 0 Å². The quantitative estimate of drug-likeness (QED) is 0.877. The highest BCUT2D eigenvalue weighted by Gasteiger charge is 2.37. The number of rotatable bonds is 2. The topological polar surface area (TPSA) is 15.3 Å². The summed E-state index contributed by atoms with van der Waals surface area (Å²) in [6.07, 6.45) is 5.56. The van der Waals surface area contributed by atoms with Crippen molar-refractivity contribution in [3.8, 4) is 0 Å². The lowest BCUT2D eigenvalue weighted by molar-refractivity contribution is 0.129. The summed E-state index contributed by atoms with van der Waals surface area (Å²) in [5.41, 5.74) is 4.73. The normalized spacial score (nSPS) is 23.1. The lowest BCUT2D eigenvalue weighted by Gasteiger charge is -2.41. The molecule has 1 aliphatic carbocycles. The second-order valence-corrected chi connectivity index (χ2v) is 6.54. The second-order valence-electron chi connectivity index (χ2n) is 6.54. The van der Waals surface area contributed by atoms with E-state index in [1.54, 1.807) is 0 Å². The van der Waals surface area contributed by atoms with Crippen LogP contribution in [-0.4, -0.2) is 30.1 Å². The van der Waals surface area contributed by atoms with Gasteiger partial charge in [-0.3, -0.25) is 4.90 Å². The van der Waals surface area contributed by atoms with E-state index in [1.807, 2.05) is 0 Å². The van der Waals surface area contributed by atoms with Gasteiger partial charge in [-0.25, -0.2) is 0 Å². The van der Waals surface area contributed by atoms with Crippen molar-refractivity contribution in [2.24, 2.45) is 0 Å². The molecule has 1 saturated heterocycles. The Labute approximate surface area is 117 Å². The van der Waals surface area contributed by atoms with Crippen LogP contribution in [0.3, 0.4) is 0 Å². The van der Waals surface area contributed by atoms with Crippen LogP contribution in [0.4, 0.5) is 0 Å². The molecule has 1 heterocycles. The SMILES string of the molecule is Cc1ccc(CN2CCNC3(CCCC3)C2)cc1C. The Morgan fingerprint density at radius 3 is 2.68 bits per heavy atom. The van der Waals surface area contributed by atoms with Crippen LogP contribution < -0.4 is 5.32 Å². The van der Waals surface area contributed by atoms with E-state index in [-0.39, 0.29) is 0 Å². The molecule has 1 aromatic rings. The fourth-order valence-electron chi connectivity index (χ4n) is 3.72. The van der Waals surface area contributed by atoms with Gasteiger partial charge in [0.25, 0.3) is 0 Å². The van der Waals surface area contributed by atoms with Gasteiger partial charge in [-0.15, -0.1) is 0 Å². The van der Waals surface area contributed by atoms with Gasteiger partial charge in [0.15, 0.2) is 0 Å². The van der Waals surface area contributed by atoms with Crippen LogP contribution >= 0.6 is 0 Å². The van der Waals surface area contributed by atoms with Crippen LogP contribution in [0.15, 0.2) is 18.2 Å². The fraction of sp³-hybridized carbons (Fsp3) is 0.647. The van der Waals surface area contributed by atoms with Gasteiger partial charge in [-0.2, -0.15) is 0 Å². The number of nitrogens with one attached hydrogen (secondary N) is 1. The molecular weight excluding hydrogens is 232 g/mol. The molecular formula is C17H26N2. The van der Waals surface area contributed by atoms with Gasteiger partial charge in [0.05, 0.1) is 0 Å². The fourth-order valence-corrected chi connectivity index (χ4v) is 3.72. The number of hydrogen-bond acceptors (Lipinski definition) is 2. The third-order valence-electron chi connectivity index (χ3n) is 4.99. The van der Waals surface area contributed by atoms with E-state index in [0.29, 0.717) is 5.54 Å². The summed E-state index contributed by atoms with van der Waals surface area (Å²) in [5, 5.41) is 3.79. The highest BCUT2D eigenvalue weighted by Crippen LogP contribution is 2.32. The average molecular weight is 258 g/mol. The molecule has 1 N–H and O–H groups in total. The van der Waals surface area contributed by atoms with E-state index in [2.05, 4.69) is 42.3 Å². The smallest absolute Gasteiger partial charge is 0.0309 e. The van der Waals surface area contributed by atoms with Crippen LogP contribution in [0, 0.1) is 13.8 Å². The van der Waals surface area contributed by atoms with Crippen LogP contribution in [0.2, 0.25) is 0 Å². The predicted octanol–water partition coefficient (Wildman–Crippen LogP) is 3.02. The lowest BCUT2D eigenvalue weighted by atomic mass is 9.94. The first-order valence-electron chi connectivity index (χ1n) is 7.70. The van der Waals surface area contributed by atoms with E-state index < -0.39 is 0 Å². The van der Waals surface area contributed by atoms with E-state index in [0.717, 1.165) is 13.1 Å². The summed E-state index contributed by atoms with van der Waals surface area (Å²) in [7, 11) is 0. The third kappa shape index (κ3) is 2.85. The average Bonchev–Trinajstić information content (AvgIpc) is 2.82. The molecule has 104 valence electrons. The minimum Gasteiger partial charge on any atom is -0.309 e. The monoisotopic (exact) mass is 258 g/mol. The van der Waals surface area contributed by atoms with Crippen molar-refractivity contribution in [2.75, 3.05) is 19.6 Å². The van der Waals surface area contributed by atoms with Crippen molar-refractivity contribution in [3.63, 3.8) is 0 Å². The molecule has 2 nitrogen and oxygen atoms in total. The number of benzene rings is 1. The summed E-state index contributed by atoms with van der Waals surface area (Å²) in [5.74, 6) is 0. The number of aryl methyl sites for hydroxylation is 2. The van der Waals surface area contributed by atoms with Crippen molar-refractivity contribution >= 4 is 0 Å². The third-order valence-corrected chi connectivity index (χ3v) is 4.99. The van der Waals surface area contributed by atoms with Gasteiger partial charge in [0.1, 0.15) is 0 Å². The molecule has 1 saturated carbocycles. The molecule has 3 rings (SSSR count). The maximum Gasteiger partial charge on any atom is 0.0309 e. The zero-order chi connectivity index (χ0) is 13.3. The Bertz CT molecular complexity index is 447. The number of piperazine rings is 1. The van der Waals surface area contributed by atoms with Crippen LogP contribution in [0.25, 0.3) is 0 Å². The van der Waals surface area contributed by atoms with E-state index in [9.17, 15) is 0 Å². The Morgan fingerprint density at radius 2 is 1.95 bits per heavy atom. The van der Waals surface area contributed by atoms with E-state index >= 15 is 0 Å². The molecule has 0 unspecified atom stereocenters. The number of hydrogen-bond donors (Lipinski definition) is 1. The zero-order valence-electron chi connectivity index (χ0n) is 12.3. The Morgan fingerprint density at radius 1 is 1.16 bits per heavy atom. The van der Waals surface area contributed by atoms with Gasteiger partial charge in [-0.05, 0) is 43.4 Å². The molecule has 2 fully saturated rings. The highest BCUT2D eigenvalue weighted by molar-refractivity contribution is 5.29. The molecule has 2 aliphatic rings. The largest absolute Gasteiger partial charge is 0.309 e. The predicted molar refractivity (Wildman–Crippen MR) is 80.4 cm³/mol. The van der Waals surface area contributed by atoms with Crippen LogP contribution in [-0.2, 0) is 6.54 Å². The van der Waals surface area contributed by atoms with Crippen LogP contribution in [0.5, 0.6) is 0 Å². The van der Waals surface area contributed by atoms with Crippen LogP contribution in [0.1, 0.15) is 42.4 Å². The van der Waals surface area contributed by atoms with Crippen molar-refractivity contribution in [1.82, 2.24) is 10.2 Å². The molecule has 0 bridgehead atoms. The molecule has 1 aromatic carbocycles. The molecule has 1 spiro atoms. The maximum atomic E-state index is 3.79. The first kappa shape index (κ1) is 13.1. The summed E-state index contributed by atoms with van der Waals surface area (Å²) in [6, 6.07) is 6.92. The summed E-state index contributed by atoms with van der Waals surface area (Å²) in [6.45, 7) is 9.11. The Balaban J connectivity index is 1.67. The first-order valence-corrected chi connectivity index (χ1v) is 7.70. The summed E-state index contributed by atoms with van der Waals surface area (Å²) in [4.78, 5) is 2.64.